The molecule has 0 unspecified atom stereocenters. The highest BCUT2D eigenvalue weighted by Crippen LogP contribution is 2.29. The van der Waals surface area contributed by atoms with Gasteiger partial charge >= 0.3 is 0 Å². The minimum atomic E-state index is 0.117. The van der Waals surface area contributed by atoms with Crippen LogP contribution in [0.5, 0.6) is 0 Å². The number of carbonyl (C=O) groups excluding carboxylic acids is 2. The van der Waals surface area contributed by atoms with Gasteiger partial charge in [-0.05, 0) is 43.7 Å². The fourth-order valence-electron chi connectivity index (χ4n) is 3.33. The summed E-state index contributed by atoms with van der Waals surface area (Å²) in [6.45, 7) is 9.50. The van der Waals surface area contributed by atoms with Crippen LogP contribution in [0.15, 0.2) is 24.3 Å². The van der Waals surface area contributed by atoms with Gasteiger partial charge in [0.25, 0.3) is 0 Å². The van der Waals surface area contributed by atoms with Crippen molar-refractivity contribution in [2.75, 3.05) is 13.1 Å². The molecular formula is C22H35NO2. The molecule has 1 aromatic rings. The van der Waals surface area contributed by atoms with E-state index in [1.165, 1.54) is 18.4 Å². The van der Waals surface area contributed by atoms with E-state index < -0.39 is 0 Å². The maximum Gasteiger partial charge on any atom is 0.222 e. The average molecular weight is 346 g/mol. The van der Waals surface area contributed by atoms with Crippen LogP contribution in [0.1, 0.15) is 94.5 Å². The van der Waals surface area contributed by atoms with Crippen molar-refractivity contribution in [3.63, 3.8) is 0 Å². The zero-order chi connectivity index (χ0) is 18.7. The van der Waals surface area contributed by atoms with Crippen LogP contribution < -0.4 is 0 Å². The number of unbranched alkanes of at least 4 members (excludes halogenated alkanes) is 3. The minimum Gasteiger partial charge on any atom is -0.343 e. The number of nitrogens with zero attached hydrogens (tertiary/aromatic N) is 1. The number of hydrogen-bond donors (Lipinski definition) is 0. The van der Waals surface area contributed by atoms with E-state index in [2.05, 4.69) is 13.0 Å². The molecule has 0 saturated carbocycles. The highest BCUT2D eigenvalue weighted by molar-refractivity contribution is 5.94. The van der Waals surface area contributed by atoms with Gasteiger partial charge in [0.15, 0.2) is 5.78 Å². The second-order valence-corrected chi connectivity index (χ2v) is 6.65. The summed E-state index contributed by atoms with van der Waals surface area (Å²) in [6, 6.07) is 7.98. The predicted octanol–water partition coefficient (Wildman–Crippen LogP) is 5.59. The average Bonchev–Trinajstić information content (AvgIpc) is 2.67. The molecule has 1 aliphatic heterocycles. The van der Waals surface area contributed by atoms with Crippen LogP contribution in [0.4, 0.5) is 0 Å². The fraction of sp³-hybridized carbons (Fsp3) is 0.636. The molecule has 1 fully saturated rings. The van der Waals surface area contributed by atoms with Gasteiger partial charge in [0.2, 0.25) is 5.91 Å². The normalized spacial score (nSPS) is 14.6. The van der Waals surface area contributed by atoms with Crippen LogP contribution in [0, 0.1) is 0 Å². The van der Waals surface area contributed by atoms with E-state index in [1.54, 1.807) is 6.92 Å². The number of piperidine rings is 1. The summed E-state index contributed by atoms with van der Waals surface area (Å²) < 4.78 is 0. The summed E-state index contributed by atoms with van der Waals surface area (Å²) in [4.78, 5) is 25.8. The Kier molecular flexibility index (Phi) is 10.1. The third kappa shape index (κ3) is 7.01. The van der Waals surface area contributed by atoms with Gasteiger partial charge in [0, 0.05) is 25.1 Å². The summed E-state index contributed by atoms with van der Waals surface area (Å²) >= 11 is 0. The first-order valence-corrected chi connectivity index (χ1v) is 10.0. The summed E-state index contributed by atoms with van der Waals surface area (Å²) in [5.41, 5.74) is 2.03. The maximum atomic E-state index is 12.2. The van der Waals surface area contributed by atoms with E-state index in [1.807, 2.05) is 36.9 Å². The third-order valence-corrected chi connectivity index (χ3v) is 4.86. The smallest absolute Gasteiger partial charge is 0.222 e. The summed E-state index contributed by atoms with van der Waals surface area (Å²) in [5.74, 6) is 0.905. The lowest BCUT2D eigenvalue weighted by molar-refractivity contribution is -0.132. The number of hydrogen-bond acceptors (Lipinski definition) is 2. The van der Waals surface area contributed by atoms with Gasteiger partial charge in [-0.1, -0.05) is 58.2 Å². The Balaban J connectivity index is 0.00000151. The molecule has 3 heteroatoms. The lowest BCUT2D eigenvalue weighted by Gasteiger charge is -2.32. The Morgan fingerprint density at radius 3 is 2.36 bits per heavy atom. The summed E-state index contributed by atoms with van der Waals surface area (Å²) in [7, 11) is 0. The number of benzene rings is 1. The first-order chi connectivity index (χ1) is 12.1. The van der Waals surface area contributed by atoms with Gasteiger partial charge < -0.3 is 4.90 Å². The van der Waals surface area contributed by atoms with Gasteiger partial charge in [-0.25, -0.2) is 0 Å². The first-order valence-electron chi connectivity index (χ1n) is 10.0. The Morgan fingerprint density at radius 2 is 1.76 bits per heavy atom. The van der Waals surface area contributed by atoms with Crippen molar-refractivity contribution in [2.24, 2.45) is 0 Å². The Labute approximate surface area is 153 Å². The van der Waals surface area contributed by atoms with Crippen molar-refractivity contribution < 1.29 is 9.59 Å². The van der Waals surface area contributed by atoms with Crippen molar-refractivity contribution in [1.29, 1.82) is 0 Å². The highest BCUT2D eigenvalue weighted by atomic mass is 16.2. The van der Waals surface area contributed by atoms with Crippen molar-refractivity contribution in [2.45, 2.75) is 78.6 Å². The van der Waals surface area contributed by atoms with Gasteiger partial charge in [0.05, 0.1) is 0 Å². The number of Topliss-reactive ketones (excluding diaryl/α,β-unsaturated/α-hetero) is 1. The Hall–Kier alpha value is -1.64. The second-order valence-electron chi connectivity index (χ2n) is 6.65. The third-order valence-electron chi connectivity index (χ3n) is 4.86. The molecule has 1 aromatic carbocycles. The quantitative estimate of drug-likeness (QED) is 0.477. The standard InChI is InChI=1S/C20H29NO2.C2H6/c1-3-4-5-6-10-20(23)21-13-11-17(12-14-21)19-9-7-8-18(15-19)16(2)22;1-2/h7-9,15,17H,3-6,10-14H2,1-2H3;1-2H3. The van der Waals surface area contributed by atoms with E-state index >= 15 is 0 Å². The van der Waals surface area contributed by atoms with Crippen molar-refractivity contribution in [3.05, 3.63) is 35.4 Å². The number of rotatable bonds is 7. The molecule has 0 radical (unpaired) electrons. The molecule has 0 aliphatic carbocycles. The van der Waals surface area contributed by atoms with E-state index in [-0.39, 0.29) is 5.78 Å². The zero-order valence-corrected chi connectivity index (χ0v) is 16.5. The molecule has 0 bridgehead atoms. The van der Waals surface area contributed by atoms with E-state index in [9.17, 15) is 9.59 Å². The molecule has 1 aliphatic rings. The number of amides is 1. The monoisotopic (exact) mass is 345 g/mol. The zero-order valence-electron chi connectivity index (χ0n) is 16.5. The molecule has 25 heavy (non-hydrogen) atoms. The van der Waals surface area contributed by atoms with Gasteiger partial charge in [-0.2, -0.15) is 0 Å². The second kappa shape index (κ2) is 11.8. The molecule has 0 spiro atoms. The van der Waals surface area contributed by atoms with Crippen molar-refractivity contribution >= 4 is 11.7 Å². The summed E-state index contributed by atoms with van der Waals surface area (Å²) in [5, 5.41) is 0. The number of carbonyl (C=O) groups is 2. The van der Waals surface area contributed by atoms with E-state index in [0.717, 1.165) is 44.3 Å². The lowest BCUT2D eigenvalue weighted by atomic mass is 9.88. The molecule has 1 amide bonds. The van der Waals surface area contributed by atoms with Crippen LogP contribution in [0.3, 0.4) is 0 Å². The SMILES string of the molecule is CC.CCCCCCC(=O)N1CCC(c2cccc(C(C)=O)c2)CC1. The van der Waals surface area contributed by atoms with Crippen LogP contribution >= 0.6 is 0 Å². The van der Waals surface area contributed by atoms with Crippen LogP contribution in [0.25, 0.3) is 0 Å². The molecule has 1 saturated heterocycles. The maximum absolute atomic E-state index is 12.2. The molecular weight excluding hydrogens is 310 g/mol. The Morgan fingerprint density at radius 1 is 1.08 bits per heavy atom. The summed E-state index contributed by atoms with van der Waals surface area (Å²) in [6.07, 6.45) is 7.32. The topological polar surface area (TPSA) is 37.4 Å². The number of ketones is 1. The van der Waals surface area contributed by atoms with Gasteiger partial charge in [-0.3, -0.25) is 9.59 Å². The fourth-order valence-corrected chi connectivity index (χ4v) is 3.33. The Bertz CT molecular complexity index is 531. The molecule has 2 rings (SSSR count). The minimum absolute atomic E-state index is 0.117. The van der Waals surface area contributed by atoms with E-state index in [4.69, 9.17) is 0 Å². The van der Waals surface area contributed by atoms with Gasteiger partial charge in [-0.15, -0.1) is 0 Å². The molecule has 1 heterocycles. The van der Waals surface area contributed by atoms with Crippen LogP contribution in [-0.2, 0) is 4.79 Å². The first kappa shape index (κ1) is 21.4. The number of likely N-dealkylation sites (tertiary alicyclic amines) is 1. The van der Waals surface area contributed by atoms with Crippen molar-refractivity contribution in [3.8, 4) is 0 Å². The molecule has 0 aromatic heterocycles. The highest BCUT2D eigenvalue weighted by Gasteiger charge is 2.23. The van der Waals surface area contributed by atoms with Crippen LogP contribution in [0.2, 0.25) is 0 Å². The van der Waals surface area contributed by atoms with Gasteiger partial charge in [0.1, 0.15) is 0 Å². The largest absolute Gasteiger partial charge is 0.343 e. The predicted molar refractivity (Wildman–Crippen MR) is 105 cm³/mol. The van der Waals surface area contributed by atoms with Crippen molar-refractivity contribution in [1.82, 2.24) is 4.90 Å². The van der Waals surface area contributed by atoms with E-state index in [0.29, 0.717) is 18.2 Å². The van der Waals surface area contributed by atoms with Crippen LogP contribution in [-0.4, -0.2) is 29.7 Å². The molecule has 0 N–H and O–H groups in total. The lowest BCUT2D eigenvalue weighted by Crippen LogP contribution is -2.37. The molecule has 140 valence electrons. The molecule has 3 nitrogen and oxygen atoms in total. The molecule has 0 atom stereocenters.